The van der Waals surface area contributed by atoms with Crippen molar-refractivity contribution in [2.24, 2.45) is 46.3 Å². The summed E-state index contributed by atoms with van der Waals surface area (Å²) in [5.74, 6) is 2.80. The van der Waals surface area contributed by atoms with E-state index in [-0.39, 0.29) is 34.9 Å². The van der Waals surface area contributed by atoms with Crippen molar-refractivity contribution < 1.29 is 15.0 Å². The van der Waals surface area contributed by atoms with Gasteiger partial charge < -0.3 is 10.2 Å². The molecule has 0 aromatic rings. The first kappa shape index (κ1) is 24.2. The molecule has 0 heterocycles. The molecular formula is C27H43IO3. The number of alkyl halides is 1. The third kappa shape index (κ3) is 4.09. The minimum absolute atomic E-state index is 0.0435. The molecule has 0 aliphatic heterocycles. The van der Waals surface area contributed by atoms with E-state index in [1.807, 2.05) is 0 Å². The number of rotatable bonds is 6. The first-order valence-electron chi connectivity index (χ1n) is 12.8. The number of hydrogen-bond acceptors (Lipinski definition) is 3. The molecule has 31 heavy (non-hydrogen) atoms. The molecule has 2 N–H and O–H groups in total. The number of ketones is 1. The molecule has 0 aromatic heterocycles. The van der Waals surface area contributed by atoms with Gasteiger partial charge in [-0.15, -0.1) is 0 Å². The molecule has 4 rings (SSSR count). The molecule has 4 aliphatic rings. The molecule has 3 fully saturated rings. The predicted octanol–water partition coefficient (Wildman–Crippen LogP) is 5.95. The van der Waals surface area contributed by atoms with E-state index < -0.39 is 0 Å². The summed E-state index contributed by atoms with van der Waals surface area (Å²) in [7, 11) is 0. The quantitative estimate of drug-likeness (QED) is 0.248. The van der Waals surface area contributed by atoms with Gasteiger partial charge in [0, 0.05) is 16.8 Å². The second kappa shape index (κ2) is 9.02. The summed E-state index contributed by atoms with van der Waals surface area (Å²) in [4.78, 5) is 13.1. The van der Waals surface area contributed by atoms with E-state index in [1.165, 1.54) is 12.0 Å². The van der Waals surface area contributed by atoms with Gasteiger partial charge in [-0.1, -0.05) is 61.9 Å². The summed E-state index contributed by atoms with van der Waals surface area (Å²) in [6, 6.07) is 0. The third-order valence-corrected chi connectivity index (χ3v) is 11.9. The van der Waals surface area contributed by atoms with Crippen molar-refractivity contribution in [2.75, 3.05) is 4.43 Å². The van der Waals surface area contributed by atoms with Crippen molar-refractivity contribution in [3.8, 4) is 0 Å². The normalized spacial score (nSPS) is 46.4. The van der Waals surface area contributed by atoms with Gasteiger partial charge in [-0.3, -0.25) is 4.79 Å². The van der Waals surface area contributed by atoms with Gasteiger partial charge >= 0.3 is 0 Å². The maximum Gasteiger partial charge on any atom is 0.136 e. The number of aliphatic hydroxyl groups is 2. The summed E-state index contributed by atoms with van der Waals surface area (Å²) in [5, 5.41) is 21.5. The number of hydrogen-bond donors (Lipinski definition) is 2. The fraction of sp³-hybridized carbons (Fsp3) is 0.889. The summed E-state index contributed by atoms with van der Waals surface area (Å²) in [6.45, 7) is 9.18. The lowest BCUT2D eigenvalue weighted by molar-refractivity contribution is -0.129. The van der Waals surface area contributed by atoms with Crippen LogP contribution < -0.4 is 0 Å². The molecule has 10 atom stereocenters. The van der Waals surface area contributed by atoms with Crippen LogP contribution in [0.1, 0.15) is 85.5 Å². The van der Waals surface area contributed by atoms with Crippen LogP contribution in [0.5, 0.6) is 0 Å². The average Bonchev–Trinajstić information content (AvgIpc) is 3.01. The van der Waals surface area contributed by atoms with E-state index in [2.05, 4.69) is 56.4 Å². The Kier molecular flexibility index (Phi) is 7.04. The zero-order valence-electron chi connectivity index (χ0n) is 19.9. The summed E-state index contributed by atoms with van der Waals surface area (Å²) in [6.07, 6.45) is 10.8. The standard InChI is InChI=1S/C27H43IO3/c1-16(15-28)5-8-23(30)17(2)25-24(31)14-22-20-7-6-18-13-19(29)9-11-26(18,3)21(20)10-12-27(22,25)4/h6,16-17,19-22,24-25,29,31H,5,7-15H2,1-4H3/t16-,17-,19+,20-,21+,22+,24+,25+,26+,27+/m1/s1. The molecule has 4 aliphatic carbocycles. The summed E-state index contributed by atoms with van der Waals surface area (Å²) in [5.41, 5.74) is 1.79. The Hall–Kier alpha value is 0.0600. The topological polar surface area (TPSA) is 57.5 Å². The molecule has 0 amide bonds. The van der Waals surface area contributed by atoms with Crippen molar-refractivity contribution in [2.45, 2.75) is 97.7 Å². The number of aliphatic hydroxyl groups excluding tert-OH is 2. The highest BCUT2D eigenvalue weighted by Crippen LogP contribution is 2.67. The highest BCUT2D eigenvalue weighted by Gasteiger charge is 2.62. The van der Waals surface area contributed by atoms with Crippen molar-refractivity contribution in [3.05, 3.63) is 11.6 Å². The van der Waals surface area contributed by atoms with Crippen molar-refractivity contribution in [3.63, 3.8) is 0 Å². The van der Waals surface area contributed by atoms with Crippen LogP contribution in [-0.2, 0) is 4.79 Å². The molecule has 0 radical (unpaired) electrons. The zero-order valence-corrected chi connectivity index (χ0v) is 22.1. The van der Waals surface area contributed by atoms with E-state index >= 15 is 0 Å². The second-order valence-electron chi connectivity index (χ2n) is 12.1. The van der Waals surface area contributed by atoms with Gasteiger partial charge in [-0.25, -0.2) is 0 Å². The van der Waals surface area contributed by atoms with Gasteiger partial charge in [0.05, 0.1) is 12.2 Å². The van der Waals surface area contributed by atoms with Gasteiger partial charge in [0.2, 0.25) is 0 Å². The van der Waals surface area contributed by atoms with E-state index in [0.29, 0.717) is 35.9 Å². The lowest BCUT2D eigenvalue weighted by Crippen LogP contribution is -2.51. The van der Waals surface area contributed by atoms with E-state index in [1.54, 1.807) is 0 Å². The first-order valence-corrected chi connectivity index (χ1v) is 14.3. The molecule has 3 nitrogen and oxygen atoms in total. The fourth-order valence-corrected chi connectivity index (χ4v) is 8.93. The summed E-state index contributed by atoms with van der Waals surface area (Å²) >= 11 is 2.41. The van der Waals surface area contributed by atoms with Crippen LogP contribution in [0.2, 0.25) is 0 Å². The van der Waals surface area contributed by atoms with Crippen LogP contribution >= 0.6 is 22.6 Å². The van der Waals surface area contributed by atoms with Gasteiger partial charge in [0.25, 0.3) is 0 Å². The van der Waals surface area contributed by atoms with Crippen LogP contribution in [0.15, 0.2) is 11.6 Å². The van der Waals surface area contributed by atoms with Gasteiger partial charge in [0.15, 0.2) is 0 Å². The van der Waals surface area contributed by atoms with Crippen LogP contribution in [0.3, 0.4) is 0 Å². The van der Waals surface area contributed by atoms with Crippen LogP contribution in [-0.4, -0.2) is 32.6 Å². The molecule has 0 aromatic carbocycles. The van der Waals surface area contributed by atoms with E-state index in [9.17, 15) is 15.0 Å². The average molecular weight is 543 g/mol. The lowest BCUT2D eigenvalue weighted by atomic mass is 9.47. The Labute approximate surface area is 203 Å². The number of carbonyl (C=O) groups excluding carboxylic acids is 1. The molecule has 0 spiro atoms. The Bertz CT molecular complexity index is 719. The Balaban J connectivity index is 1.54. The maximum absolute atomic E-state index is 13.1. The van der Waals surface area contributed by atoms with Gasteiger partial charge in [-0.2, -0.15) is 0 Å². The van der Waals surface area contributed by atoms with Crippen LogP contribution in [0.4, 0.5) is 0 Å². The van der Waals surface area contributed by atoms with Crippen molar-refractivity contribution in [1.29, 1.82) is 0 Å². The number of halogens is 1. The van der Waals surface area contributed by atoms with Crippen molar-refractivity contribution >= 4 is 28.4 Å². The highest BCUT2D eigenvalue weighted by atomic mass is 127. The second-order valence-corrected chi connectivity index (χ2v) is 13.0. The molecule has 3 saturated carbocycles. The number of carbonyl (C=O) groups is 1. The predicted molar refractivity (Wildman–Crippen MR) is 134 cm³/mol. The molecule has 0 saturated heterocycles. The van der Waals surface area contributed by atoms with Crippen LogP contribution in [0.25, 0.3) is 0 Å². The molecule has 0 bridgehead atoms. The van der Waals surface area contributed by atoms with Crippen molar-refractivity contribution in [1.82, 2.24) is 0 Å². The molecular weight excluding hydrogens is 499 g/mol. The summed E-state index contributed by atoms with van der Waals surface area (Å²) < 4.78 is 1.10. The maximum atomic E-state index is 13.1. The molecule has 176 valence electrons. The largest absolute Gasteiger partial charge is 0.393 e. The smallest absolute Gasteiger partial charge is 0.136 e. The van der Waals surface area contributed by atoms with E-state index in [4.69, 9.17) is 0 Å². The third-order valence-electron chi connectivity index (χ3n) is 10.4. The molecule has 4 heteroatoms. The highest BCUT2D eigenvalue weighted by molar-refractivity contribution is 14.1. The first-order chi connectivity index (χ1) is 14.6. The van der Waals surface area contributed by atoms with E-state index in [0.717, 1.165) is 49.4 Å². The fourth-order valence-electron chi connectivity index (χ4n) is 8.49. The molecule has 0 unspecified atom stereocenters. The number of Topliss-reactive ketones (excluding diaryl/α,β-unsaturated/α-hetero) is 1. The Morgan fingerprint density at radius 3 is 2.65 bits per heavy atom. The number of allylic oxidation sites excluding steroid dienone is 1. The van der Waals surface area contributed by atoms with Crippen LogP contribution in [0, 0.1) is 46.3 Å². The SMILES string of the molecule is C[C@@H](CI)CCC(=O)[C@@H](C)[C@H]1[C@@H](O)C[C@H]2[C@@H]3CC=C4C[C@@H](O)CC[C@]4(C)[C@H]3CC[C@]12C. The van der Waals surface area contributed by atoms with Gasteiger partial charge in [0.1, 0.15) is 5.78 Å². The lowest BCUT2D eigenvalue weighted by Gasteiger charge is -2.58. The Morgan fingerprint density at radius 1 is 1.19 bits per heavy atom. The zero-order chi connectivity index (χ0) is 22.6. The minimum Gasteiger partial charge on any atom is -0.393 e. The number of fused-ring (bicyclic) bond motifs is 5. The minimum atomic E-state index is -0.346. The van der Waals surface area contributed by atoms with Gasteiger partial charge in [-0.05, 0) is 91.8 Å². The Morgan fingerprint density at radius 2 is 1.94 bits per heavy atom. The monoisotopic (exact) mass is 542 g/mol.